The van der Waals surface area contributed by atoms with Crippen LogP contribution in [0.5, 0.6) is 0 Å². The number of rotatable bonds is 8. The lowest BCUT2D eigenvalue weighted by molar-refractivity contribution is -0.697. The summed E-state index contributed by atoms with van der Waals surface area (Å²) in [6.07, 6.45) is 13.7. The molecule has 90 valence electrons. The summed E-state index contributed by atoms with van der Waals surface area (Å²) in [4.78, 5) is 0. The number of aryl methyl sites for hydroxylation is 2. The molecule has 0 bridgehead atoms. The lowest BCUT2D eigenvalue weighted by atomic mass is 10.1. The normalized spacial score (nSPS) is 10.6. The Balaban J connectivity index is 2.35. The molecule has 1 heteroatoms. The summed E-state index contributed by atoms with van der Waals surface area (Å²) in [6.45, 7) is 5.68. The summed E-state index contributed by atoms with van der Waals surface area (Å²) in [5.41, 5.74) is 1.50. The first-order valence-electron chi connectivity index (χ1n) is 6.84. The van der Waals surface area contributed by atoms with E-state index < -0.39 is 0 Å². The highest BCUT2D eigenvalue weighted by Gasteiger charge is 2.01. The molecule has 0 fully saturated rings. The zero-order chi connectivity index (χ0) is 11.6. The van der Waals surface area contributed by atoms with Crippen molar-refractivity contribution in [3.63, 3.8) is 0 Å². The highest BCUT2D eigenvalue weighted by atomic mass is 14.9. The topological polar surface area (TPSA) is 3.88 Å². The fourth-order valence-corrected chi connectivity index (χ4v) is 1.96. The molecule has 0 saturated heterocycles. The summed E-state index contributed by atoms with van der Waals surface area (Å²) >= 11 is 0. The van der Waals surface area contributed by atoms with Crippen LogP contribution in [0.1, 0.15) is 57.9 Å². The summed E-state index contributed by atoms with van der Waals surface area (Å²) in [5.74, 6) is 0. The van der Waals surface area contributed by atoms with E-state index in [-0.39, 0.29) is 0 Å². The van der Waals surface area contributed by atoms with Crippen LogP contribution in [-0.4, -0.2) is 0 Å². The quantitative estimate of drug-likeness (QED) is 0.462. The molecular formula is C15H26N+. The van der Waals surface area contributed by atoms with Crippen molar-refractivity contribution in [2.24, 2.45) is 0 Å². The predicted octanol–water partition coefficient (Wildman–Crippen LogP) is 3.90. The van der Waals surface area contributed by atoms with Gasteiger partial charge >= 0.3 is 0 Å². The van der Waals surface area contributed by atoms with E-state index in [1.54, 1.807) is 0 Å². The zero-order valence-corrected chi connectivity index (χ0v) is 10.9. The van der Waals surface area contributed by atoms with Gasteiger partial charge in [-0.05, 0) is 18.9 Å². The molecule has 0 spiro atoms. The van der Waals surface area contributed by atoms with Gasteiger partial charge in [0.15, 0.2) is 12.4 Å². The summed E-state index contributed by atoms with van der Waals surface area (Å²) in [5, 5.41) is 0. The van der Waals surface area contributed by atoms with Crippen LogP contribution >= 0.6 is 0 Å². The summed E-state index contributed by atoms with van der Waals surface area (Å²) in [6, 6.07) is 4.44. The van der Waals surface area contributed by atoms with Gasteiger partial charge in [0.05, 0.1) is 0 Å². The van der Waals surface area contributed by atoms with E-state index in [4.69, 9.17) is 0 Å². The Hall–Kier alpha value is -0.850. The number of aromatic nitrogens is 1. The van der Waals surface area contributed by atoms with E-state index >= 15 is 0 Å². The van der Waals surface area contributed by atoms with E-state index in [1.807, 2.05) is 0 Å². The van der Waals surface area contributed by atoms with Gasteiger partial charge in [-0.25, -0.2) is 4.57 Å². The molecule has 0 N–H and O–H groups in total. The van der Waals surface area contributed by atoms with Gasteiger partial charge in [0.2, 0.25) is 0 Å². The van der Waals surface area contributed by atoms with E-state index in [2.05, 4.69) is 42.9 Å². The number of nitrogens with zero attached hydrogens (tertiary/aromatic N) is 1. The fraction of sp³-hybridized carbons (Fsp3) is 0.667. The molecule has 0 aliphatic heterocycles. The predicted molar refractivity (Wildman–Crippen MR) is 69.4 cm³/mol. The van der Waals surface area contributed by atoms with Crippen LogP contribution in [0.3, 0.4) is 0 Å². The third-order valence-corrected chi connectivity index (χ3v) is 3.01. The molecule has 1 nitrogen and oxygen atoms in total. The molecular weight excluding hydrogens is 194 g/mol. The molecule has 0 aliphatic rings. The number of hydrogen-bond donors (Lipinski definition) is 0. The molecule has 0 atom stereocenters. The second-order valence-corrected chi connectivity index (χ2v) is 4.61. The van der Waals surface area contributed by atoms with Crippen LogP contribution in [0.4, 0.5) is 0 Å². The van der Waals surface area contributed by atoms with Crippen molar-refractivity contribution in [1.29, 1.82) is 0 Å². The average molecular weight is 220 g/mol. The van der Waals surface area contributed by atoms with Crippen LogP contribution < -0.4 is 4.57 Å². The fourth-order valence-electron chi connectivity index (χ4n) is 1.96. The largest absolute Gasteiger partial charge is 0.205 e. The minimum absolute atomic E-state index is 1.17. The Morgan fingerprint density at radius 3 is 2.56 bits per heavy atom. The second kappa shape index (κ2) is 8.32. The number of hydrogen-bond acceptors (Lipinski definition) is 0. The monoisotopic (exact) mass is 220 g/mol. The molecule has 0 amide bonds. The second-order valence-electron chi connectivity index (χ2n) is 4.61. The third-order valence-electron chi connectivity index (χ3n) is 3.01. The molecule has 16 heavy (non-hydrogen) atoms. The van der Waals surface area contributed by atoms with Gasteiger partial charge in [-0.15, -0.1) is 0 Å². The van der Waals surface area contributed by atoms with Crippen molar-refractivity contribution in [2.45, 2.75) is 65.3 Å². The smallest absolute Gasteiger partial charge is 0.171 e. The minimum Gasteiger partial charge on any atom is -0.205 e. The SMILES string of the molecule is CCCCCCc1ccc[n+](CCCC)c1. The Labute approximate surface area is 101 Å². The van der Waals surface area contributed by atoms with Crippen molar-refractivity contribution in [3.05, 3.63) is 30.1 Å². The molecule has 1 heterocycles. The number of pyridine rings is 1. The van der Waals surface area contributed by atoms with Gasteiger partial charge in [0, 0.05) is 18.1 Å². The Kier molecular flexibility index (Phi) is 6.87. The van der Waals surface area contributed by atoms with Gasteiger partial charge in [0.1, 0.15) is 6.54 Å². The van der Waals surface area contributed by atoms with Gasteiger partial charge in [-0.3, -0.25) is 0 Å². The molecule has 0 aromatic carbocycles. The summed E-state index contributed by atoms with van der Waals surface area (Å²) < 4.78 is 2.33. The van der Waals surface area contributed by atoms with E-state index in [1.165, 1.54) is 57.1 Å². The molecule has 0 saturated carbocycles. The van der Waals surface area contributed by atoms with Gasteiger partial charge < -0.3 is 0 Å². The first-order valence-corrected chi connectivity index (χ1v) is 6.84. The maximum atomic E-state index is 2.33. The van der Waals surface area contributed by atoms with E-state index in [0.717, 1.165) is 0 Å². The lowest BCUT2D eigenvalue weighted by Gasteiger charge is -2.01. The standard InChI is InChI=1S/C15H26N/c1-3-5-7-8-10-15-11-9-13-16(14-15)12-6-4-2/h9,11,13-14H,3-8,10,12H2,1-2H3/q+1. The van der Waals surface area contributed by atoms with Crippen molar-refractivity contribution in [3.8, 4) is 0 Å². The van der Waals surface area contributed by atoms with Crippen molar-refractivity contribution in [1.82, 2.24) is 0 Å². The molecule has 1 aromatic rings. The van der Waals surface area contributed by atoms with Crippen LogP contribution in [0.15, 0.2) is 24.5 Å². The van der Waals surface area contributed by atoms with Crippen LogP contribution in [0, 0.1) is 0 Å². The van der Waals surface area contributed by atoms with E-state index in [0.29, 0.717) is 0 Å². The van der Waals surface area contributed by atoms with E-state index in [9.17, 15) is 0 Å². The Bertz CT molecular complexity index is 281. The minimum atomic E-state index is 1.17. The Morgan fingerprint density at radius 1 is 1.00 bits per heavy atom. The first kappa shape index (κ1) is 13.2. The highest BCUT2D eigenvalue weighted by molar-refractivity contribution is 5.05. The first-order chi connectivity index (χ1) is 7.86. The molecule has 1 aromatic heterocycles. The maximum absolute atomic E-state index is 2.33. The van der Waals surface area contributed by atoms with Crippen LogP contribution in [0.2, 0.25) is 0 Å². The zero-order valence-electron chi connectivity index (χ0n) is 10.9. The lowest BCUT2D eigenvalue weighted by Crippen LogP contribution is -2.33. The van der Waals surface area contributed by atoms with Gasteiger partial charge in [-0.1, -0.05) is 39.5 Å². The summed E-state index contributed by atoms with van der Waals surface area (Å²) in [7, 11) is 0. The van der Waals surface area contributed by atoms with Crippen molar-refractivity contribution < 1.29 is 4.57 Å². The van der Waals surface area contributed by atoms with Gasteiger partial charge in [0.25, 0.3) is 0 Å². The average Bonchev–Trinajstić information content (AvgIpc) is 2.33. The molecule has 1 rings (SSSR count). The van der Waals surface area contributed by atoms with Crippen molar-refractivity contribution in [2.75, 3.05) is 0 Å². The van der Waals surface area contributed by atoms with Crippen LogP contribution in [-0.2, 0) is 13.0 Å². The van der Waals surface area contributed by atoms with Crippen molar-refractivity contribution >= 4 is 0 Å². The Morgan fingerprint density at radius 2 is 1.81 bits per heavy atom. The molecule has 0 radical (unpaired) electrons. The maximum Gasteiger partial charge on any atom is 0.171 e. The molecule has 0 unspecified atom stereocenters. The van der Waals surface area contributed by atoms with Crippen LogP contribution in [0.25, 0.3) is 0 Å². The highest BCUT2D eigenvalue weighted by Crippen LogP contribution is 2.05. The number of unbranched alkanes of at least 4 members (excludes halogenated alkanes) is 4. The third kappa shape index (κ3) is 5.29. The van der Waals surface area contributed by atoms with Gasteiger partial charge in [-0.2, -0.15) is 0 Å². The molecule has 0 aliphatic carbocycles.